The van der Waals surface area contributed by atoms with Gasteiger partial charge in [0.25, 0.3) is 0 Å². The number of hydrogen-bond donors (Lipinski definition) is 1. The van der Waals surface area contributed by atoms with Crippen molar-refractivity contribution in [2.24, 2.45) is 7.05 Å². The topological polar surface area (TPSA) is 56.7 Å². The number of imidazole rings is 1. The van der Waals surface area contributed by atoms with Gasteiger partial charge < -0.3 is 10.3 Å². The highest BCUT2D eigenvalue weighted by Crippen LogP contribution is 2.07. The summed E-state index contributed by atoms with van der Waals surface area (Å²) in [4.78, 5) is 8.23. The highest BCUT2D eigenvalue weighted by molar-refractivity contribution is 5.22. The number of aromatic nitrogens is 3. The van der Waals surface area contributed by atoms with E-state index >= 15 is 0 Å². The van der Waals surface area contributed by atoms with E-state index in [4.69, 9.17) is 5.73 Å². The van der Waals surface area contributed by atoms with Gasteiger partial charge in [-0.2, -0.15) is 0 Å². The average molecular weight is 202 g/mol. The van der Waals surface area contributed by atoms with Crippen molar-refractivity contribution in [1.29, 1.82) is 0 Å². The smallest absolute Gasteiger partial charge is 0.200 e. The van der Waals surface area contributed by atoms with Crippen molar-refractivity contribution in [2.45, 2.75) is 12.8 Å². The number of rotatable bonds is 3. The Kier molecular flexibility index (Phi) is 2.67. The maximum absolute atomic E-state index is 5.65. The first-order valence-corrected chi connectivity index (χ1v) is 4.92. The fourth-order valence-corrected chi connectivity index (χ4v) is 1.49. The molecule has 0 spiro atoms. The fraction of sp³-hybridized carbons (Fsp3) is 0.273. The molecule has 0 aliphatic carbocycles. The van der Waals surface area contributed by atoms with E-state index < -0.39 is 0 Å². The number of nitrogen functional groups attached to an aromatic ring is 1. The van der Waals surface area contributed by atoms with E-state index in [0.29, 0.717) is 5.95 Å². The quantitative estimate of drug-likeness (QED) is 0.813. The Bertz CT molecular complexity index is 414. The average Bonchev–Trinajstić information content (AvgIpc) is 2.57. The minimum absolute atomic E-state index is 0.569. The molecule has 2 heterocycles. The third kappa shape index (κ3) is 2.34. The van der Waals surface area contributed by atoms with E-state index in [1.807, 2.05) is 42.3 Å². The minimum atomic E-state index is 0.569. The molecule has 2 rings (SSSR count). The van der Waals surface area contributed by atoms with Crippen LogP contribution in [0.25, 0.3) is 0 Å². The van der Waals surface area contributed by atoms with Gasteiger partial charge in [0, 0.05) is 25.6 Å². The molecule has 0 radical (unpaired) electrons. The highest BCUT2D eigenvalue weighted by Gasteiger charge is 2.01. The van der Waals surface area contributed by atoms with Crippen LogP contribution in [0.1, 0.15) is 11.3 Å². The second-order valence-electron chi connectivity index (χ2n) is 3.56. The van der Waals surface area contributed by atoms with Crippen molar-refractivity contribution >= 4 is 5.95 Å². The van der Waals surface area contributed by atoms with E-state index in [0.717, 1.165) is 18.5 Å². The summed E-state index contributed by atoms with van der Waals surface area (Å²) in [6.45, 7) is 0. The SMILES string of the molecule is Cn1cc(CCc2ccncc2)nc1N. The van der Waals surface area contributed by atoms with Crippen LogP contribution in [-0.2, 0) is 19.9 Å². The number of anilines is 1. The summed E-state index contributed by atoms with van der Waals surface area (Å²) >= 11 is 0. The maximum Gasteiger partial charge on any atom is 0.200 e. The minimum Gasteiger partial charge on any atom is -0.369 e. The predicted molar refractivity (Wildman–Crippen MR) is 59.3 cm³/mol. The van der Waals surface area contributed by atoms with Gasteiger partial charge in [-0.25, -0.2) is 4.98 Å². The lowest BCUT2D eigenvalue weighted by molar-refractivity contribution is 0.908. The maximum atomic E-state index is 5.65. The standard InChI is InChI=1S/C11H14N4/c1-15-8-10(14-11(15)12)3-2-9-4-6-13-7-5-9/h4-8H,2-3H2,1H3,(H2,12,14). The van der Waals surface area contributed by atoms with Crippen LogP contribution in [0, 0.1) is 0 Å². The Morgan fingerprint density at radius 2 is 2.00 bits per heavy atom. The molecule has 0 saturated carbocycles. The van der Waals surface area contributed by atoms with Gasteiger partial charge in [0.2, 0.25) is 0 Å². The molecular formula is C11H14N4. The number of hydrogen-bond acceptors (Lipinski definition) is 3. The molecule has 2 aromatic rings. The summed E-state index contributed by atoms with van der Waals surface area (Å²) in [5, 5.41) is 0. The van der Waals surface area contributed by atoms with Crippen molar-refractivity contribution in [3.8, 4) is 0 Å². The molecule has 0 aromatic carbocycles. The normalized spacial score (nSPS) is 10.5. The summed E-state index contributed by atoms with van der Waals surface area (Å²) in [5.74, 6) is 0.569. The molecule has 15 heavy (non-hydrogen) atoms. The summed E-state index contributed by atoms with van der Waals surface area (Å²) in [6.07, 6.45) is 7.47. The molecule has 0 fully saturated rings. The lowest BCUT2D eigenvalue weighted by Crippen LogP contribution is -1.95. The summed E-state index contributed by atoms with van der Waals surface area (Å²) in [6, 6.07) is 4.04. The van der Waals surface area contributed by atoms with Gasteiger partial charge in [-0.3, -0.25) is 4.98 Å². The van der Waals surface area contributed by atoms with Gasteiger partial charge in [0.15, 0.2) is 5.95 Å². The predicted octanol–water partition coefficient (Wildman–Crippen LogP) is 1.18. The Labute approximate surface area is 88.8 Å². The summed E-state index contributed by atoms with van der Waals surface area (Å²) < 4.78 is 1.84. The molecule has 0 amide bonds. The van der Waals surface area contributed by atoms with E-state index in [1.165, 1.54) is 5.56 Å². The van der Waals surface area contributed by atoms with E-state index in [9.17, 15) is 0 Å². The number of pyridine rings is 1. The van der Waals surface area contributed by atoms with Crippen LogP contribution in [0.4, 0.5) is 5.95 Å². The Hall–Kier alpha value is -1.84. The second-order valence-corrected chi connectivity index (χ2v) is 3.56. The Morgan fingerprint density at radius 3 is 2.60 bits per heavy atom. The summed E-state index contributed by atoms with van der Waals surface area (Å²) in [5.41, 5.74) is 7.96. The van der Waals surface area contributed by atoms with E-state index in [2.05, 4.69) is 9.97 Å². The first kappa shape index (κ1) is 9.71. The zero-order chi connectivity index (χ0) is 10.7. The fourth-order valence-electron chi connectivity index (χ4n) is 1.49. The first-order valence-electron chi connectivity index (χ1n) is 4.92. The van der Waals surface area contributed by atoms with Gasteiger partial charge in [-0.15, -0.1) is 0 Å². The van der Waals surface area contributed by atoms with Gasteiger partial charge in [0.1, 0.15) is 0 Å². The zero-order valence-electron chi connectivity index (χ0n) is 8.72. The lowest BCUT2D eigenvalue weighted by Gasteiger charge is -1.97. The third-order valence-corrected chi connectivity index (χ3v) is 2.38. The van der Waals surface area contributed by atoms with Crippen molar-refractivity contribution < 1.29 is 0 Å². The molecule has 0 aliphatic rings. The largest absolute Gasteiger partial charge is 0.369 e. The van der Waals surface area contributed by atoms with Crippen molar-refractivity contribution in [3.63, 3.8) is 0 Å². The van der Waals surface area contributed by atoms with Crippen LogP contribution in [0.2, 0.25) is 0 Å². The molecule has 4 heteroatoms. The number of aryl methyl sites for hydroxylation is 3. The summed E-state index contributed by atoms with van der Waals surface area (Å²) in [7, 11) is 1.90. The van der Waals surface area contributed by atoms with Crippen LogP contribution < -0.4 is 5.73 Å². The molecule has 2 N–H and O–H groups in total. The Morgan fingerprint density at radius 1 is 1.27 bits per heavy atom. The van der Waals surface area contributed by atoms with Crippen molar-refractivity contribution in [1.82, 2.24) is 14.5 Å². The Balaban J connectivity index is 1.99. The lowest BCUT2D eigenvalue weighted by atomic mass is 10.1. The van der Waals surface area contributed by atoms with Gasteiger partial charge >= 0.3 is 0 Å². The molecule has 2 aromatic heterocycles. The molecular weight excluding hydrogens is 188 g/mol. The molecule has 0 unspecified atom stereocenters. The molecule has 0 aliphatic heterocycles. The molecule has 78 valence electrons. The second kappa shape index (κ2) is 4.13. The molecule has 0 saturated heterocycles. The molecule has 0 atom stereocenters. The van der Waals surface area contributed by atoms with Gasteiger partial charge in [-0.05, 0) is 30.5 Å². The van der Waals surface area contributed by atoms with E-state index in [1.54, 1.807) is 0 Å². The van der Waals surface area contributed by atoms with Gasteiger partial charge in [0.05, 0.1) is 5.69 Å². The van der Waals surface area contributed by atoms with Gasteiger partial charge in [-0.1, -0.05) is 0 Å². The molecule has 0 bridgehead atoms. The van der Waals surface area contributed by atoms with Crippen LogP contribution in [0.3, 0.4) is 0 Å². The van der Waals surface area contributed by atoms with Crippen LogP contribution in [0.5, 0.6) is 0 Å². The van der Waals surface area contributed by atoms with Crippen LogP contribution in [0.15, 0.2) is 30.7 Å². The zero-order valence-corrected chi connectivity index (χ0v) is 8.72. The first-order chi connectivity index (χ1) is 7.25. The third-order valence-electron chi connectivity index (χ3n) is 2.38. The van der Waals surface area contributed by atoms with Crippen LogP contribution >= 0.6 is 0 Å². The van der Waals surface area contributed by atoms with E-state index in [-0.39, 0.29) is 0 Å². The number of nitrogens with zero attached hydrogens (tertiary/aromatic N) is 3. The number of nitrogens with two attached hydrogens (primary N) is 1. The van der Waals surface area contributed by atoms with Crippen molar-refractivity contribution in [2.75, 3.05) is 5.73 Å². The highest BCUT2D eigenvalue weighted by atomic mass is 15.1. The van der Waals surface area contributed by atoms with Crippen LogP contribution in [-0.4, -0.2) is 14.5 Å². The molecule has 4 nitrogen and oxygen atoms in total. The van der Waals surface area contributed by atoms with Crippen molar-refractivity contribution in [3.05, 3.63) is 42.0 Å². The monoisotopic (exact) mass is 202 g/mol.